The largest absolute Gasteiger partial charge is 0.0620 e. The molecule has 0 radical (unpaired) electrons. The summed E-state index contributed by atoms with van der Waals surface area (Å²) in [6.45, 7) is 2.31. The monoisotopic (exact) mass is 256 g/mol. The van der Waals surface area contributed by atoms with E-state index in [4.69, 9.17) is 0 Å². The Bertz CT molecular complexity index is 406. The van der Waals surface area contributed by atoms with Gasteiger partial charge in [-0.3, -0.25) is 0 Å². The summed E-state index contributed by atoms with van der Waals surface area (Å²) in [6.07, 6.45) is 13.0. The van der Waals surface area contributed by atoms with Gasteiger partial charge in [-0.05, 0) is 48.1 Å². The van der Waals surface area contributed by atoms with Crippen molar-refractivity contribution in [1.82, 2.24) is 0 Å². The van der Waals surface area contributed by atoms with E-state index in [1.54, 1.807) is 11.1 Å². The number of hydrogen-bond donors (Lipinski definition) is 0. The summed E-state index contributed by atoms with van der Waals surface area (Å²) in [7, 11) is 0. The van der Waals surface area contributed by atoms with Gasteiger partial charge in [-0.15, -0.1) is 0 Å². The molecule has 0 saturated heterocycles. The molecular formula is C19H28. The first-order valence-electron chi connectivity index (χ1n) is 8.48. The zero-order valence-corrected chi connectivity index (χ0v) is 12.4. The van der Waals surface area contributed by atoms with Crippen molar-refractivity contribution in [3.63, 3.8) is 0 Å². The Morgan fingerprint density at radius 2 is 1.68 bits per heavy atom. The molecular weight excluding hydrogens is 228 g/mol. The van der Waals surface area contributed by atoms with E-state index in [9.17, 15) is 0 Å². The molecule has 3 atom stereocenters. The van der Waals surface area contributed by atoms with E-state index in [1.165, 1.54) is 57.8 Å². The van der Waals surface area contributed by atoms with Gasteiger partial charge in [0.2, 0.25) is 0 Å². The molecule has 1 aromatic carbocycles. The van der Waals surface area contributed by atoms with Crippen LogP contribution in [-0.2, 0) is 6.42 Å². The van der Waals surface area contributed by atoms with Crippen molar-refractivity contribution in [2.75, 3.05) is 0 Å². The molecule has 2 saturated carbocycles. The zero-order valence-electron chi connectivity index (χ0n) is 12.4. The second kappa shape index (κ2) is 6.11. The fourth-order valence-electron chi connectivity index (χ4n) is 4.72. The van der Waals surface area contributed by atoms with Crippen molar-refractivity contribution in [3.8, 4) is 0 Å². The lowest BCUT2D eigenvalue weighted by Crippen LogP contribution is -2.20. The number of hydrogen-bond acceptors (Lipinski definition) is 0. The molecule has 0 heteroatoms. The minimum absolute atomic E-state index is 0.865. The van der Waals surface area contributed by atoms with Crippen LogP contribution in [0.4, 0.5) is 0 Å². The van der Waals surface area contributed by atoms with E-state index < -0.39 is 0 Å². The van der Waals surface area contributed by atoms with E-state index in [0.29, 0.717) is 0 Å². The molecule has 2 aliphatic carbocycles. The highest BCUT2D eigenvalue weighted by Gasteiger charge is 2.35. The molecule has 0 spiro atoms. The molecule has 0 N–H and O–H groups in total. The molecule has 3 rings (SSSR count). The molecule has 0 bridgehead atoms. The molecule has 2 fully saturated rings. The summed E-state index contributed by atoms with van der Waals surface area (Å²) in [4.78, 5) is 0. The molecule has 0 amide bonds. The van der Waals surface area contributed by atoms with Gasteiger partial charge in [-0.25, -0.2) is 0 Å². The van der Waals surface area contributed by atoms with Crippen LogP contribution in [0.5, 0.6) is 0 Å². The van der Waals surface area contributed by atoms with Crippen LogP contribution in [0.1, 0.15) is 75.3 Å². The lowest BCUT2D eigenvalue weighted by Gasteiger charge is -2.32. The Labute approximate surface area is 118 Å². The standard InChI is InChI=1S/C19H28/c1-2-15-9-6-7-12-17(15)19-13-5-3-4-10-16-11-8-14-18(16)19/h6-7,9,12,16,18-19H,2-5,8,10-11,13-14H2,1H3. The van der Waals surface area contributed by atoms with Gasteiger partial charge < -0.3 is 0 Å². The Morgan fingerprint density at radius 3 is 2.58 bits per heavy atom. The SMILES string of the molecule is CCc1ccccc1C1CCCCCC2CCCC21. The van der Waals surface area contributed by atoms with Gasteiger partial charge in [0, 0.05) is 0 Å². The van der Waals surface area contributed by atoms with Gasteiger partial charge in [0.1, 0.15) is 0 Å². The third kappa shape index (κ3) is 2.73. The first-order valence-corrected chi connectivity index (χ1v) is 8.48. The van der Waals surface area contributed by atoms with Gasteiger partial charge in [-0.1, -0.05) is 69.7 Å². The van der Waals surface area contributed by atoms with Crippen LogP contribution in [-0.4, -0.2) is 0 Å². The maximum Gasteiger partial charge on any atom is -0.0128 e. The number of benzene rings is 1. The second-order valence-electron chi connectivity index (χ2n) is 6.65. The molecule has 1 aromatic rings. The minimum atomic E-state index is 0.865. The molecule has 0 heterocycles. The molecule has 2 aliphatic rings. The fraction of sp³-hybridized carbons (Fsp3) is 0.684. The van der Waals surface area contributed by atoms with Crippen LogP contribution in [0.2, 0.25) is 0 Å². The molecule has 104 valence electrons. The van der Waals surface area contributed by atoms with Crippen molar-refractivity contribution in [2.45, 2.75) is 70.6 Å². The zero-order chi connectivity index (χ0) is 13.1. The van der Waals surface area contributed by atoms with Crippen LogP contribution in [0.15, 0.2) is 24.3 Å². The van der Waals surface area contributed by atoms with Gasteiger partial charge in [0.15, 0.2) is 0 Å². The van der Waals surface area contributed by atoms with E-state index in [0.717, 1.165) is 17.8 Å². The highest BCUT2D eigenvalue weighted by Crippen LogP contribution is 2.48. The second-order valence-corrected chi connectivity index (χ2v) is 6.65. The van der Waals surface area contributed by atoms with Gasteiger partial charge in [0.05, 0.1) is 0 Å². The summed E-state index contributed by atoms with van der Waals surface area (Å²) in [5.41, 5.74) is 3.31. The van der Waals surface area contributed by atoms with Crippen molar-refractivity contribution in [1.29, 1.82) is 0 Å². The van der Waals surface area contributed by atoms with Crippen LogP contribution in [0.3, 0.4) is 0 Å². The van der Waals surface area contributed by atoms with Crippen molar-refractivity contribution < 1.29 is 0 Å². The average molecular weight is 256 g/mol. The third-order valence-corrected chi connectivity index (χ3v) is 5.66. The number of aryl methyl sites for hydroxylation is 1. The maximum absolute atomic E-state index is 2.43. The average Bonchev–Trinajstić information content (AvgIpc) is 2.87. The van der Waals surface area contributed by atoms with Crippen LogP contribution < -0.4 is 0 Å². The van der Waals surface area contributed by atoms with Crippen molar-refractivity contribution in [3.05, 3.63) is 35.4 Å². The molecule has 0 aromatic heterocycles. The summed E-state index contributed by atoms with van der Waals surface area (Å²) in [5.74, 6) is 2.90. The van der Waals surface area contributed by atoms with E-state index in [2.05, 4.69) is 31.2 Å². The Hall–Kier alpha value is -0.780. The van der Waals surface area contributed by atoms with Gasteiger partial charge in [0.25, 0.3) is 0 Å². The fourth-order valence-corrected chi connectivity index (χ4v) is 4.72. The third-order valence-electron chi connectivity index (χ3n) is 5.66. The highest BCUT2D eigenvalue weighted by atomic mass is 14.4. The topological polar surface area (TPSA) is 0 Å². The predicted molar refractivity (Wildman–Crippen MR) is 82.5 cm³/mol. The molecule has 19 heavy (non-hydrogen) atoms. The molecule has 0 nitrogen and oxygen atoms in total. The van der Waals surface area contributed by atoms with E-state index in [-0.39, 0.29) is 0 Å². The van der Waals surface area contributed by atoms with Crippen LogP contribution >= 0.6 is 0 Å². The molecule has 3 unspecified atom stereocenters. The summed E-state index contributed by atoms with van der Waals surface area (Å²) in [6, 6.07) is 9.27. The Balaban J connectivity index is 1.90. The van der Waals surface area contributed by atoms with Crippen LogP contribution in [0, 0.1) is 11.8 Å². The first-order chi connectivity index (χ1) is 9.40. The normalized spacial score (nSPS) is 31.5. The highest BCUT2D eigenvalue weighted by molar-refractivity contribution is 5.31. The maximum atomic E-state index is 2.43. The minimum Gasteiger partial charge on any atom is -0.0620 e. The smallest absolute Gasteiger partial charge is 0.0128 e. The van der Waals surface area contributed by atoms with Crippen molar-refractivity contribution in [2.24, 2.45) is 11.8 Å². The van der Waals surface area contributed by atoms with E-state index >= 15 is 0 Å². The van der Waals surface area contributed by atoms with Crippen LogP contribution in [0.25, 0.3) is 0 Å². The summed E-state index contributed by atoms with van der Waals surface area (Å²) in [5, 5.41) is 0. The number of rotatable bonds is 2. The predicted octanol–water partition coefficient (Wildman–Crippen LogP) is 5.71. The van der Waals surface area contributed by atoms with Crippen molar-refractivity contribution >= 4 is 0 Å². The quantitative estimate of drug-likeness (QED) is 0.635. The number of fused-ring (bicyclic) bond motifs is 1. The Morgan fingerprint density at radius 1 is 0.895 bits per heavy atom. The molecule has 0 aliphatic heterocycles. The lowest BCUT2D eigenvalue weighted by atomic mass is 9.72. The summed E-state index contributed by atoms with van der Waals surface area (Å²) >= 11 is 0. The van der Waals surface area contributed by atoms with Gasteiger partial charge >= 0.3 is 0 Å². The summed E-state index contributed by atoms with van der Waals surface area (Å²) < 4.78 is 0. The first kappa shape index (κ1) is 13.2. The Kier molecular flexibility index (Phi) is 4.25. The lowest BCUT2D eigenvalue weighted by molar-refractivity contribution is 0.264. The van der Waals surface area contributed by atoms with Gasteiger partial charge in [-0.2, -0.15) is 0 Å². The van der Waals surface area contributed by atoms with E-state index in [1.807, 2.05) is 0 Å².